The Morgan fingerprint density at radius 2 is 1.81 bits per heavy atom. The molecule has 1 saturated heterocycles. The molecule has 0 atom stereocenters. The molecule has 31 heavy (non-hydrogen) atoms. The Balaban J connectivity index is 1.42. The highest BCUT2D eigenvalue weighted by molar-refractivity contribution is 8.26. The van der Waals surface area contributed by atoms with Gasteiger partial charge in [0.15, 0.2) is 0 Å². The first-order valence-electron chi connectivity index (χ1n) is 9.60. The van der Waals surface area contributed by atoms with Gasteiger partial charge in [-0.2, -0.15) is 0 Å². The van der Waals surface area contributed by atoms with Crippen LogP contribution in [0.1, 0.15) is 31.2 Å². The second-order valence-electron chi connectivity index (χ2n) is 6.85. The minimum absolute atomic E-state index is 0.0849. The minimum Gasteiger partial charge on any atom is -0.325 e. The normalized spacial score (nSPS) is 15.1. The molecule has 4 nitrogen and oxygen atoms in total. The summed E-state index contributed by atoms with van der Waals surface area (Å²) in [4.78, 5) is 27.0. The van der Waals surface area contributed by atoms with Crippen molar-refractivity contribution in [1.82, 2.24) is 4.90 Å². The van der Waals surface area contributed by atoms with E-state index in [4.69, 9.17) is 47.0 Å². The zero-order valence-corrected chi connectivity index (χ0v) is 20.3. The number of benzene rings is 2. The molecule has 0 aliphatic carbocycles. The Morgan fingerprint density at radius 1 is 1.06 bits per heavy atom. The number of hydrogen-bond donors (Lipinski definition) is 1. The van der Waals surface area contributed by atoms with E-state index in [2.05, 4.69) is 5.32 Å². The van der Waals surface area contributed by atoms with Gasteiger partial charge >= 0.3 is 0 Å². The number of anilines is 1. The quantitative estimate of drug-likeness (QED) is 0.233. The predicted molar refractivity (Wildman–Crippen MR) is 135 cm³/mol. The zero-order chi connectivity index (χ0) is 22.4. The van der Waals surface area contributed by atoms with Crippen molar-refractivity contribution in [3.63, 3.8) is 0 Å². The average Bonchev–Trinajstić information content (AvgIpc) is 3.00. The van der Waals surface area contributed by atoms with Crippen LogP contribution in [-0.4, -0.2) is 27.6 Å². The second-order valence-corrected chi connectivity index (χ2v) is 9.74. The number of unbranched alkanes of at least 4 members (excludes halogenated alkanes) is 2. The maximum Gasteiger partial charge on any atom is 0.266 e. The summed E-state index contributed by atoms with van der Waals surface area (Å²) < 4.78 is 0.554. The zero-order valence-electron chi connectivity index (χ0n) is 16.4. The van der Waals surface area contributed by atoms with Gasteiger partial charge in [-0.25, -0.2) is 0 Å². The van der Waals surface area contributed by atoms with Gasteiger partial charge < -0.3 is 5.32 Å². The molecule has 2 amide bonds. The molecular weight excluding hydrogens is 495 g/mol. The first-order valence-corrected chi connectivity index (χ1v) is 12.0. The van der Waals surface area contributed by atoms with E-state index in [1.54, 1.807) is 35.2 Å². The third kappa shape index (κ3) is 6.70. The Labute approximate surface area is 205 Å². The van der Waals surface area contributed by atoms with Crippen LogP contribution < -0.4 is 5.32 Å². The van der Waals surface area contributed by atoms with Crippen molar-refractivity contribution in [2.24, 2.45) is 0 Å². The molecule has 162 valence electrons. The molecule has 1 aliphatic rings. The van der Waals surface area contributed by atoms with Crippen LogP contribution in [0.3, 0.4) is 0 Å². The van der Waals surface area contributed by atoms with Crippen molar-refractivity contribution in [3.8, 4) is 0 Å². The monoisotopic (exact) mass is 512 g/mol. The molecule has 0 spiro atoms. The highest BCUT2D eigenvalue weighted by Gasteiger charge is 2.31. The van der Waals surface area contributed by atoms with E-state index in [0.717, 1.165) is 18.4 Å². The summed E-state index contributed by atoms with van der Waals surface area (Å²) in [5, 5.41) is 4.15. The third-order valence-electron chi connectivity index (χ3n) is 4.55. The second kappa shape index (κ2) is 11.3. The van der Waals surface area contributed by atoms with Gasteiger partial charge in [0.05, 0.1) is 20.6 Å². The molecule has 1 fully saturated rings. The highest BCUT2D eigenvalue weighted by atomic mass is 35.5. The summed E-state index contributed by atoms with van der Waals surface area (Å²) >= 11 is 24.6. The number of thiocarbonyl (C=S) groups is 1. The molecule has 3 rings (SSSR count). The molecule has 1 aliphatic heterocycles. The molecule has 0 radical (unpaired) electrons. The topological polar surface area (TPSA) is 49.4 Å². The number of amides is 2. The summed E-state index contributed by atoms with van der Waals surface area (Å²) in [6.45, 7) is 0.532. The maximum atomic E-state index is 12.7. The van der Waals surface area contributed by atoms with E-state index in [-0.39, 0.29) is 11.8 Å². The molecule has 0 aromatic heterocycles. The molecule has 2 aromatic rings. The first-order chi connectivity index (χ1) is 14.8. The Kier molecular flexibility index (Phi) is 8.81. The van der Waals surface area contributed by atoms with Crippen LogP contribution in [-0.2, 0) is 9.59 Å². The van der Waals surface area contributed by atoms with E-state index in [0.29, 0.717) is 49.4 Å². The van der Waals surface area contributed by atoms with Crippen LogP contribution in [0.25, 0.3) is 6.08 Å². The SMILES string of the molecule is O=C(CCCCCN1C(=O)/C(=C/c2ccc(Cl)cc2)SC1=S)Nc1cccc(Cl)c1Cl. The molecular formula is C22H19Cl3N2O2S2. The van der Waals surface area contributed by atoms with Gasteiger partial charge in [0.25, 0.3) is 5.91 Å². The number of carbonyl (C=O) groups excluding carboxylic acids is 2. The van der Waals surface area contributed by atoms with Gasteiger partial charge in [-0.15, -0.1) is 0 Å². The number of rotatable bonds is 8. The van der Waals surface area contributed by atoms with Crippen LogP contribution in [0.5, 0.6) is 0 Å². The third-order valence-corrected chi connectivity index (χ3v) is 7.00. The molecule has 1 heterocycles. The lowest BCUT2D eigenvalue weighted by molar-refractivity contribution is -0.122. The summed E-state index contributed by atoms with van der Waals surface area (Å²) in [6.07, 6.45) is 4.42. The summed E-state index contributed by atoms with van der Waals surface area (Å²) in [7, 11) is 0. The van der Waals surface area contributed by atoms with E-state index >= 15 is 0 Å². The van der Waals surface area contributed by atoms with Crippen molar-refractivity contribution in [2.45, 2.75) is 25.7 Å². The number of thioether (sulfide) groups is 1. The summed E-state index contributed by atoms with van der Waals surface area (Å²) in [5.74, 6) is -0.209. The molecule has 2 aromatic carbocycles. The molecule has 9 heteroatoms. The van der Waals surface area contributed by atoms with E-state index in [9.17, 15) is 9.59 Å². The number of hydrogen-bond acceptors (Lipinski definition) is 4. The van der Waals surface area contributed by atoms with E-state index in [1.165, 1.54) is 11.8 Å². The van der Waals surface area contributed by atoms with Gasteiger partial charge in [0.2, 0.25) is 5.91 Å². The van der Waals surface area contributed by atoms with Crippen molar-refractivity contribution in [1.29, 1.82) is 0 Å². The average molecular weight is 514 g/mol. The van der Waals surface area contributed by atoms with Crippen molar-refractivity contribution in [3.05, 3.63) is 68.0 Å². The maximum absolute atomic E-state index is 12.7. The largest absolute Gasteiger partial charge is 0.325 e. The fraction of sp³-hybridized carbons (Fsp3) is 0.227. The molecule has 0 saturated carbocycles. The lowest BCUT2D eigenvalue weighted by Crippen LogP contribution is -2.29. The number of nitrogens with one attached hydrogen (secondary N) is 1. The Bertz CT molecular complexity index is 1030. The van der Waals surface area contributed by atoms with Gasteiger partial charge in [0, 0.05) is 18.0 Å². The first kappa shape index (κ1) is 24.1. The highest BCUT2D eigenvalue weighted by Crippen LogP contribution is 2.33. The lowest BCUT2D eigenvalue weighted by Gasteiger charge is -2.14. The number of nitrogens with zero attached hydrogens (tertiary/aromatic N) is 1. The van der Waals surface area contributed by atoms with E-state index in [1.807, 2.05) is 18.2 Å². The molecule has 0 unspecified atom stereocenters. The smallest absolute Gasteiger partial charge is 0.266 e. The van der Waals surface area contributed by atoms with Gasteiger partial charge in [-0.05, 0) is 48.7 Å². The lowest BCUT2D eigenvalue weighted by atomic mass is 10.1. The number of carbonyl (C=O) groups is 2. The van der Waals surface area contributed by atoms with Crippen molar-refractivity contribution >= 4 is 86.7 Å². The number of halogens is 3. The van der Waals surface area contributed by atoms with Crippen molar-refractivity contribution < 1.29 is 9.59 Å². The Hall–Kier alpha value is -1.57. The van der Waals surface area contributed by atoms with Gasteiger partial charge in [0.1, 0.15) is 4.32 Å². The standard InChI is InChI=1S/C22H19Cl3N2O2S2/c23-15-10-8-14(9-11-15)13-18-21(29)27(22(30)31-18)12-3-1-2-7-19(28)26-17-6-4-5-16(24)20(17)25/h4-6,8-11,13H,1-3,7,12H2,(H,26,28)/b18-13-. The van der Waals surface area contributed by atoms with Crippen LogP contribution in [0.15, 0.2) is 47.4 Å². The summed E-state index contributed by atoms with van der Waals surface area (Å²) in [6, 6.07) is 12.4. The van der Waals surface area contributed by atoms with Crippen LogP contribution >= 0.6 is 58.8 Å². The van der Waals surface area contributed by atoms with Crippen LogP contribution in [0.2, 0.25) is 15.1 Å². The van der Waals surface area contributed by atoms with Crippen molar-refractivity contribution in [2.75, 3.05) is 11.9 Å². The van der Waals surface area contributed by atoms with Gasteiger partial charge in [-0.1, -0.05) is 83.4 Å². The fourth-order valence-corrected chi connectivity index (χ4v) is 4.73. The fourth-order valence-electron chi connectivity index (χ4n) is 2.95. The molecule has 0 bridgehead atoms. The van der Waals surface area contributed by atoms with Crippen LogP contribution in [0.4, 0.5) is 5.69 Å². The van der Waals surface area contributed by atoms with E-state index < -0.39 is 0 Å². The van der Waals surface area contributed by atoms with Gasteiger partial charge in [-0.3, -0.25) is 14.5 Å². The summed E-state index contributed by atoms with van der Waals surface area (Å²) in [5.41, 5.74) is 1.40. The molecule has 1 N–H and O–H groups in total. The van der Waals surface area contributed by atoms with Crippen LogP contribution in [0, 0.1) is 0 Å². The Morgan fingerprint density at radius 3 is 2.55 bits per heavy atom. The predicted octanol–water partition coefficient (Wildman–Crippen LogP) is 7.05. The minimum atomic E-state index is -0.124.